The van der Waals surface area contributed by atoms with Crippen LogP contribution in [0.5, 0.6) is 5.75 Å². The fourth-order valence-electron chi connectivity index (χ4n) is 3.68. The summed E-state index contributed by atoms with van der Waals surface area (Å²) >= 11 is 0. The molecule has 0 spiro atoms. The van der Waals surface area contributed by atoms with Crippen LogP contribution in [0, 0.1) is 17.1 Å². The number of nitrogens with zero attached hydrogens (tertiary/aromatic N) is 4. The molecule has 0 aliphatic rings. The highest BCUT2D eigenvalue weighted by Gasteiger charge is 2.21. The van der Waals surface area contributed by atoms with Crippen LogP contribution in [0.2, 0.25) is 0 Å². The summed E-state index contributed by atoms with van der Waals surface area (Å²) in [6, 6.07) is 19.5. The van der Waals surface area contributed by atoms with Crippen molar-refractivity contribution in [3.8, 4) is 11.8 Å². The van der Waals surface area contributed by atoms with Crippen molar-refractivity contribution < 1.29 is 13.9 Å². The zero-order valence-electron chi connectivity index (χ0n) is 18.9. The first-order chi connectivity index (χ1) is 16.5. The highest BCUT2D eigenvalue weighted by atomic mass is 19.1. The minimum Gasteiger partial charge on any atom is -0.487 e. The normalized spacial score (nSPS) is 11.9. The molecule has 0 aliphatic heterocycles. The Kier molecular flexibility index (Phi) is 6.85. The van der Waals surface area contributed by atoms with Crippen molar-refractivity contribution in [2.75, 3.05) is 14.1 Å². The predicted octanol–water partition coefficient (Wildman–Crippen LogP) is 4.11. The van der Waals surface area contributed by atoms with E-state index in [-0.39, 0.29) is 6.61 Å². The Balaban J connectivity index is 1.67. The topological polar surface area (TPSA) is 82.7 Å². The van der Waals surface area contributed by atoms with E-state index in [1.54, 1.807) is 18.2 Å². The molecule has 0 saturated carbocycles. The fourth-order valence-corrected chi connectivity index (χ4v) is 3.68. The molecule has 1 amide bonds. The van der Waals surface area contributed by atoms with Gasteiger partial charge in [-0.1, -0.05) is 30.3 Å². The van der Waals surface area contributed by atoms with Crippen molar-refractivity contribution in [1.29, 1.82) is 5.26 Å². The number of pyridine rings is 1. The van der Waals surface area contributed by atoms with Gasteiger partial charge in [0.25, 0.3) is 5.91 Å². The van der Waals surface area contributed by atoms with Crippen LogP contribution in [0.3, 0.4) is 0 Å². The highest BCUT2D eigenvalue weighted by molar-refractivity contribution is 6.00. The maximum atomic E-state index is 13.6. The average molecular weight is 458 g/mol. The largest absolute Gasteiger partial charge is 0.487 e. The van der Waals surface area contributed by atoms with Crippen molar-refractivity contribution in [2.24, 2.45) is 0 Å². The van der Waals surface area contributed by atoms with Gasteiger partial charge in [0.15, 0.2) is 0 Å². The van der Waals surface area contributed by atoms with Crippen molar-refractivity contribution in [3.05, 3.63) is 101 Å². The smallest absolute Gasteiger partial charge is 0.256 e. The molecule has 2 aromatic carbocycles. The number of halogens is 1. The zero-order valence-corrected chi connectivity index (χ0v) is 18.9. The summed E-state index contributed by atoms with van der Waals surface area (Å²) in [5.41, 5.74) is 2.74. The molecule has 34 heavy (non-hydrogen) atoms. The van der Waals surface area contributed by atoms with Gasteiger partial charge in [-0.2, -0.15) is 5.26 Å². The van der Waals surface area contributed by atoms with Gasteiger partial charge in [0.05, 0.1) is 17.3 Å². The molecule has 8 heteroatoms. The van der Waals surface area contributed by atoms with Gasteiger partial charge in [0.2, 0.25) is 0 Å². The predicted molar refractivity (Wildman–Crippen MR) is 126 cm³/mol. The van der Waals surface area contributed by atoms with Gasteiger partial charge in [-0.05, 0) is 56.1 Å². The summed E-state index contributed by atoms with van der Waals surface area (Å²) < 4.78 is 21.4. The summed E-state index contributed by atoms with van der Waals surface area (Å²) in [4.78, 5) is 19.9. The summed E-state index contributed by atoms with van der Waals surface area (Å²) in [6.07, 6.45) is 1.85. The first-order valence-corrected chi connectivity index (χ1v) is 10.7. The molecule has 172 valence electrons. The molecule has 2 aromatic heterocycles. The maximum absolute atomic E-state index is 13.6. The number of carbonyl (C=O) groups is 1. The van der Waals surface area contributed by atoms with Gasteiger partial charge >= 0.3 is 0 Å². The van der Waals surface area contributed by atoms with Gasteiger partial charge < -0.3 is 19.4 Å². The summed E-state index contributed by atoms with van der Waals surface area (Å²) in [5.74, 6) is -0.225. The van der Waals surface area contributed by atoms with E-state index >= 15 is 0 Å². The van der Waals surface area contributed by atoms with E-state index in [9.17, 15) is 14.4 Å². The van der Waals surface area contributed by atoms with Crippen LogP contribution in [0.4, 0.5) is 4.39 Å². The second-order valence-electron chi connectivity index (χ2n) is 8.05. The lowest BCUT2D eigenvalue weighted by Crippen LogP contribution is -2.28. The quantitative estimate of drug-likeness (QED) is 0.431. The Bertz CT molecular complexity index is 1340. The highest BCUT2D eigenvalue weighted by Crippen LogP contribution is 2.21. The second kappa shape index (κ2) is 10.1. The van der Waals surface area contributed by atoms with E-state index in [1.165, 1.54) is 18.2 Å². The van der Waals surface area contributed by atoms with Crippen LogP contribution < -0.4 is 10.1 Å². The molecular weight excluding hydrogens is 433 g/mol. The van der Waals surface area contributed by atoms with Crippen LogP contribution in [-0.4, -0.2) is 34.3 Å². The summed E-state index contributed by atoms with van der Waals surface area (Å²) in [6.45, 7) is 0.823. The Morgan fingerprint density at radius 1 is 1.18 bits per heavy atom. The molecule has 4 aromatic rings. The first kappa shape index (κ1) is 23.0. The minimum absolute atomic E-state index is 0.236. The van der Waals surface area contributed by atoms with Crippen molar-refractivity contribution in [2.45, 2.75) is 19.2 Å². The second-order valence-corrected chi connectivity index (χ2v) is 8.05. The number of carbonyl (C=O) groups excluding carboxylic acids is 1. The SMILES string of the molecule is CN(C)Cc1c(COc2ccccc2)nc2c(C(=O)NC(C#N)c3cccc(F)c3)cccn12. The molecule has 1 unspecified atom stereocenters. The molecule has 1 N–H and O–H groups in total. The third kappa shape index (κ3) is 5.05. The number of aromatic nitrogens is 2. The Morgan fingerprint density at radius 3 is 2.68 bits per heavy atom. The number of benzene rings is 2. The Labute approximate surface area is 197 Å². The number of imidazole rings is 1. The molecule has 0 saturated heterocycles. The molecule has 2 heterocycles. The van der Waals surface area contributed by atoms with Crippen molar-refractivity contribution >= 4 is 11.6 Å². The standard InChI is InChI=1S/C26H24FN5O2/c1-31(2)16-24-23(17-34-20-10-4-3-5-11-20)29-25-21(12-7-13-32(24)25)26(33)30-22(15-28)18-8-6-9-19(27)14-18/h3-14,22H,16-17H2,1-2H3,(H,30,33). The maximum Gasteiger partial charge on any atom is 0.256 e. The molecule has 0 bridgehead atoms. The number of para-hydroxylation sites is 1. The third-order valence-electron chi connectivity index (χ3n) is 5.25. The zero-order chi connectivity index (χ0) is 24.1. The number of fused-ring (bicyclic) bond motifs is 1. The van der Waals surface area contributed by atoms with E-state index in [4.69, 9.17) is 9.72 Å². The molecule has 7 nitrogen and oxygen atoms in total. The van der Waals surface area contributed by atoms with E-state index in [2.05, 4.69) is 5.32 Å². The monoisotopic (exact) mass is 457 g/mol. The fraction of sp³-hybridized carbons (Fsp3) is 0.192. The van der Waals surface area contributed by atoms with E-state index in [1.807, 2.05) is 66.0 Å². The van der Waals surface area contributed by atoms with Crippen molar-refractivity contribution in [1.82, 2.24) is 19.6 Å². The van der Waals surface area contributed by atoms with Crippen LogP contribution in [0.25, 0.3) is 5.65 Å². The number of rotatable bonds is 8. The number of hydrogen-bond donors (Lipinski definition) is 1. The first-order valence-electron chi connectivity index (χ1n) is 10.7. The lowest BCUT2D eigenvalue weighted by atomic mass is 10.1. The molecule has 4 rings (SSSR count). The van der Waals surface area contributed by atoms with E-state index in [0.29, 0.717) is 29.0 Å². The minimum atomic E-state index is -0.999. The Hall–Kier alpha value is -4.22. The van der Waals surface area contributed by atoms with E-state index < -0.39 is 17.8 Å². The lowest BCUT2D eigenvalue weighted by Gasteiger charge is -2.13. The molecule has 0 radical (unpaired) electrons. The van der Waals surface area contributed by atoms with Gasteiger partial charge in [-0.3, -0.25) is 4.79 Å². The number of hydrogen-bond acceptors (Lipinski definition) is 5. The summed E-state index contributed by atoms with van der Waals surface area (Å²) in [7, 11) is 3.91. The Morgan fingerprint density at radius 2 is 1.97 bits per heavy atom. The number of amides is 1. The average Bonchev–Trinajstić information content (AvgIpc) is 3.18. The van der Waals surface area contributed by atoms with Crippen LogP contribution in [0.15, 0.2) is 72.9 Å². The number of ether oxygens (including phenoxy) is 1. The number of nitriles is 1. The lowest BCUT2D eigenvalue weighted by molar-refractivity contribution is 0.0946. The van der Waals surface area contributed by atoms with Crippen LogP contribution in [-0.2, 0) is 13.2 Å². The number of nitrogens with one attached hydrogen (secondary N) is 1. The van der Waals surface area contributed by atoms with E-state index in [0.717, 1.165) is 11.4 Å². The summed E-state index contributed by atoms with van der Waals surface area (Å²) in [5, 5.41) is 12.3. The van der Waals surface area contributed by atoms with Crippen molar-refractivity contribution in [3.63, 3.8) is 0 Å². The van der Waals surface area contributed by atoms with Gasteiger partial charge in [0, 0.05) is 12.7 Å². The molecule has 1 atom stereocenters. The molecular formula is C26H24FN5O2. The van der Waals surface area contributed by atoms with Crippen LogP contribution >= 0.6 is 0 Å². The third-order valence-corrected chi connectivity index (χ3v) is 5.25. The van der Waals surface area contributed by atoms with Gasteiger partial charge in [-0.25, -0.2) is 9.37 Å². The van der Waals surface area contributed by atoms with Gasteiger partial charge in [-0.15, -0.1) is 0 Å². The molecule has 0 aliphatic carbocycles. The van der Waals surface area contributed by atoms with Gasteiger partial charge in [0.1, 0.15) is 35.6 Å². The van der Waals surface area contributed by atoms with Crippen LogP contribution in [0.1, 0.15) is 33.4 Å². The molecule has 0 fully saturated rings.